The highest BCUT2D eigenvalue weighted by Crippen LogP contribution is 2.52. The van der Waals surface area contributed by atoms with E-state index in [1.807, 2.05) is 0 Å². The van der Waals surface area contributed by atoms with Crippen LogP contribution >= 0.6 is 19.2 Å². The van der Waals surface area contributed by atoms with Gasteiger partial charge in [-0.25, -0.2) is 4.68 Å². The molecule has 0 unspecified atom stereocenters. The van der Waals surface area contributed by atoms with Crippen LogP contribution in [0.2, 0.25) is 5.28 Å². The Balaban J connectivity index is 1.53. The molecule has 4 rings (SSSR count). The number of nitrogens with zero attached hydrogens (tertiary/aromatic N) is 4. The van der Waals surface area contributed by atoms with Gasteiger partial charge in [0.2, 0.25) is 10.6 Å². The van der Waals surface area contributed by atoms with Gasteiger partial charge in [0.25, 0.3) is 0 Å². The van der Waals surface area contributed by atoms with E-state index in [0.717, 1.165) is 25.7 Å². The summed E-state index contributed by atoms with van der Waals surface area (Å²) in [6.07, 6.45) is 0.122. The Morgan fingerprint density at radius 2 is 1.75 bits per heavy atom. The SMILES string of the molecule is O=P(O)(O)C(COCCO)(COCCO)OC[C@H]1O[C@@H](n2ncc3c(NC4CCCC4)nc(Cl)nc32)[C@H](O)[C@@H]1O. The van der Waals surface area contributed by atoms with E-state index in [1.54, 1.807) is 0 Å². The molecule has 1 aliphatic carbocycles. The van der Waals surface area contributed by atoms with Crippen LogP contribution in [0.5, 0.6) is 0 Å². The molecule has 1 aliphatic heterocycles. The van der Waals surface area contributed by atoms with Crippen molar-refractivity contribution < 1.29 is 53.7 Å². The van der Waals surface area contributed by atoms with Gasteiger partial charge in [0.05, 0.1) is 57.8 Å². The third-order valence-electron chi connectivity index (χ3n) is 6.87. The van der Waals surface area contributed by atoms with Gasteiger partial charge in [-0.15, -0.1) is 0 Å². The van der Waals surface area contributed by atoms with Gasteiger partial charge in [-0.2, -0.15) is 15.1 Å². The molecule has 18 heteroatoms. The lowest BCUT2D eigenvalue weighted by Gasteiger charge is -2.34. The highest BCUT2D eigenvalue weighted by molar-refractivity contribution is 7.53. The number of hydrogen-bond donors (Lipinski definition) is 7. The van der Waals surface area contributed by atoms with Crippen molar-refractivity contribution >= 4 is 36.0 Å². The Kier molecular flexibility index (Phi) is 10.7. The molecule has 0 spiro atoms. The van der Waals surface area contributed by atoms with Crippen LogP contribution in [0.15, 0.2) is 6.20 Å². The Morgan fingerprint density at radius 1 is 1.10 bits per heavy atom. The summed E-state index contributed by atoms with van der Waals surface area (Å²) in [6.45, 7) is -3.21. The summed E-state index contributed by atoms with van der Waals surface area (Å²) in [4.78, 5) is 28.7. The van der Waals surface area contributed by atoms with E-state index >= 15 is 0 Å². The average molecular weight is 612 g/mol. The van der Waals surface area contributed by atoms with Gasteiger partial charge in [-0.3, -0.25) is 4.57 Å². The molecule has 3 heterocycles. The van der Waals surface area contributed by atoms with Gasteiger partial charge >= 0.3 is 7.60 Å². The van der Waals surface area contributed by atoms with E-state index in [0.29, 0.717) is 11.2 Å². The lowest BCUT2D eigenvalue weighted by Crippen LogP contribution is -2.46. The van der Waals surface area contributed by atoms with Crippen LogP contribution in [0.3, 0.4) is 0 Å². The maximum Gasteiger partial charge on any atom is 0.361 e. The predicted octanol–water partition coefficient (Wildman–Crippen LogP) is -0.638. The zero-order valence-corrected chi connectivity index (χ0v) is 23.2. The van der Waals surface area contributed by atoms with Gasteiger partial charge in [0.1, 0.15) is 24.1 Å². The maximum absolute atomic E-state index is 12.5. The molecule has 2 aromatic heterocycles. The molecule has 40 heavy (non-hydrogen) atoms. The predicted molar refractivity (Wildman–Crippen MR) is 139 cm³/mol. The first-order chi connectivity index (χ1) is 19.1. The Labute approximate surface area is 234 Å². The molecule has 4 atom stereocenters. The van der Waals surface area contributed by atoms with Crippen LogP contribution in [0.1, 0.15) is 31.9 Å². The molecule has 7 N–H and O–H groups in total. The molecule has 2 aromatic rings. The number of rotatable bonds is 15. The van der Waals surface area contributed by atoms with Crippen LogP contribution < -0.4 is 5.32 Å². The van der Waals surface area contributed by atoms with Crippen LogP contribution in [0.4, 0.5) is 5.82 Å². The fourth-order valence-electron chi connectivity index (χ4n) is 4.73. The fraction of sp³-hybridized carbons (Fsp3) is 0.773. The van der Waals surface area contributed by atoms with Crippen molar-refractivity contribution in [3.63, 3.8) is 0 Å². The maximum atomic E-state index is 12.5. The van der Waals surface area contributed by atoms with Gasteiger partial charge in [0.15, 0.2) is 11.9 Å². The van der Waals surface area contributed by atoms with Gasteiger partial charge in [-0.05, 0) is 24.4 Å². The number of aliphatic hydroxyl groups excluding tert-OH is 4. The van der Waals surface area contributed by atoms with E-state index in [9.17, 15) is 24.6 Å². The zero-order valence-electron chi connectivity index (χ0n) is 21.6. The number of aromatic nitrogens is 4. The summed E-state index contributed by atoms with van der Waals surface area (Å²) < 4.78 is 35.5. The van der Waals surface area contributed by atoms with Crippen molar-refractivity contribution in [3.05, 3.63) is 11.5 Å². The number of anilines is 1. The van der Waals surface area contributed by atoms with E-state index < -0.39 is 70.5 Å². The number of nitrogens with one attached hydrogen (secondary N) is 1. The summed E-state index contributed by atoms with van der Waals surface area (Å²) in [5, 5.41) is 45.4. The van der Waals surface area contributed by atoms with Crippen LogP contribution in [-0.2, 0) is 23.5 Å². The Hall–Kier alpha value is -1.53. The monoisotopic (exact) mass is 611 g/mol. The first-order valence-corrected chi connectivity index (χ1v) is 14.8. The van der Waals surface area contributed by atoms with Crippen LogP contribution in [0, 0.1) is 0 Å². The molecule has 0 radical (unpaired) electrons. The molecule has 2 fully saturated rings. The number of ether oxygens (including phenoxy) is 4. The third-order valence-corrected chi connectivity index (χ3v) is 8.49. The van der Waals surface area contributed by atoms with Crippen molar-refractivity contribution in [1.82, 2.24) is 19.7 Å². The molecular weight excluding hydrogens is 577 g/mol. The summed E-state index contributed by atoms with van der Waals surface area (Å²) in [7, 11) is -5.09. The molecule has 0 aromatic carbocycles. The van der Waals surface area contributed by atoms with Crippen molar-refractivity contribution in [1.29, 1.82) is 0 Å². The van der Waals surface area contributed by atoms with Crippen LogP contribution in [0.25, 0.3) is 11.0 Å². The Morgan fingerprint density at radius 3 is 2.35 bits per heavy atom. The first kappa shape index (κ1) is 31.4. The third kappa shape index (κ3) is 6.91. The lowest BCUT2D eigenvalue weighted by atomic mass is 10.1. The molecule has 0 amide bonds. The number of hydrogen-bond acceptors (Lipinski definition) is 13. The number of fused-ring (bicyclic) bond motifs is 1. The Bertz CT molecular complexity index is 1150. The second kappa shape index (κ2) is 13.6. The van der Waals surface area contributed by atoms with E-state index in [4.69, 9.17) is 40.8 Å². The minimum Gasteiger partial charge on any atom is -0.394 e. The lowest BCUT2D eigenvalue weighted by molar-refractivity contribution is -0.139. The van der Waals surface area contributed by atoms with Crippen molar-refractivity contribution in [2.24, 2.45) is 0 Å². The molecular formula is C22H35ClN5O11P. The summed E-state index contributed by atoms with van der Waals surface area (Å²) in [5.74, 6) is 0.484. The second-order valence-electron chi connectivity index (χ2n) is 9.69. The minimum atomic E-state index is -5.09. The number of halogens is 1. The normalized spacial score (nSPS) is 24.4. The molecule has 1 saturated carbocycles. The van der Waals surface area contributed by atoms with Crippen molar-refractivity contribution in [2.45, 2.75) is 61.6 Å². The molecule has 226 valence electrons. The zero-order chi connectivity index (χ0) is 28.9. The highest BCUT2D eigenvalue weighted by Gasteiger charge is 2.52. The summed E-state index contributed by atoms with van der Waals surface area (Å²) in [6, 6.07) is 0.228. The minimum absolute atomic E-state index is 0.0557. The van der Waals surface area contributed by atoms with Gasteiger partial charge in [0, 0.05) is 6.04 Å². The number of aliphatic hydroxyl groups is 4. The summed E-state index contributed by atoms with van der Waals surface area (Å²) in [5.41, 5.74) is 0.248. The smallest absolute Gasteiger partial charge is 0.361 e. The largest absolute Gasteiger partial charge is 0.394 e. The standard InChI is InChI=1S/C22H35ClN5O11P/c23-21-26-18(25-13-3-1-2-4-13)14-9-24-28(19(14)27-21)20-17(32)16(31)15(39-20)10-38-22(40(33,34)35,11-36-7-5-29)12-37-8-6-30/h9,13,15-17,20,29-32H,1-8,10-12H2,(H,25,26,27)(H2,33,34,35)/t15-,16-,17-,20-/m1/s1. The van der Waals surface area contributed by atoms with E-state index in [1.165, 1.54) is 10.9 Å². The van der Waals surface area contributed by atoms with E-state index in [2.05, 4.69) is 20.4 Å². The van der Waals surface area contributed by atoms with Crippen LogP contribution in [-0.4, -0.2) is 126 Å². The van der Waals surface area contributed by atoms with Gasteiger partial charge < -0.3 is 54.5 Å². The van der Waals surface area contributed by atoms with E-state index in [-0.39, 0.29) is 30.2 Å². The average Bonchev–Trinajstić information content (AvgIpc) is 3.63. The van der Waals surface area contributed by atoms with Crippen molar-refractivity contribution in [2.75, 3.05) is 51.6 Å². The van der Waals surface area contributed by atoms with Crippen molar-refractivity contribution in [3.8, 4) is 0 Å². The second-order valence-corrected chi connectivity index (χ2v) is 11.9. The molecule has 16 nitrogen and oxygen atoms in total. The van der Waals surface area contributed by atoms with Gasteiger partial charge in [-0.1, -0.05) is 12.8 Å². The fourth-order valence-corrected chi connectivity index (χ4v) is 5.66. The molecule has 2 aliphatic rings. The quantitative estimate of drug-likeness (QED) is 0.0754. The summed E-state index contributed by atoms with van der Waals surface area (Å²) >= 11 is 6.18. The first-order valence-electron chi connectivity index (χ1n) is 12.9. The molecule has 0 bridgehead atoms. The topological polar surface area (TPSA) is 231 Å². The highest BCUT2D eigenvalue weighted by atomic mass is 35.5. The molecule has 1 saturated heterocycles.